The number of para-hydroxylation sites is 1. The topological polar surface area (TPSA) is 68.3 Å². The minimum atomic E-state index is -0.407. The van der Waals surface area contributed by atoms with Crippen LogP contribution in [0.4, 0.5) is 5.69 Å². The lowest BCUT2D eigenvalue weighted by molar-refractivity contribution is -0.113. The van der Waals surface area contributed by atoms with Crippen LogP contribution >= 0.6 is 11.8 Å². The summed E-state index contributed by atoms with van der Waals surface area (Å²) in [4.78, 5) is 28.0. The second-order valence-corrected chi connectivity index (χ2v) is 6.24. The number of benzene rings is 2. The Morgan fingerprint density at radius 1 is 1.04 bits per heavy atom. The molecule has 0 atom stereocenters. The van der Waals surface area contributed by atoms with Crippen molar-refractivity contribution in [2.24, 2.45) is 0 Å². The number of nitrogens with one attached hydrogen (secondary N) is 1. The number of thioether (sulfide) groups is 1. The van der Waals surface area contributed by atoms with Gasteiger partial charge >= 0.3 is 5.97 Å². The molecule has 1 heterocycles. The maximum absolute atomic E-state index is 12.1. The monoisotopic (exact) mass is 352 g/mol. The van der Waals surface area contributed by atoms with Crippen molar-refractivity contribution in [1.29, 1.82) is 0 Å². The van der Waals surface area contributed by atoms with Crippen LogP contribution in [0.2, 0.25) is 0 Å². The van der Waals surface area contributed by atoms with Crippen LogP contribution in [0.1, 0.15) is 10.4 Å². The highest BCUT2D eigenvalue weighted by atomic mass is 32.2. The molecular weight excluding hydrogens is 336 g/mol. The zero-order valence-electron chi connectivity index (χ0n) is 13.6. The van der Waals surface area contributed by atoms with Crippen molar-refractivity contribution in [2.45, 2.75) is 5.03 Å². The molecule has 0 unspecified atom stereocenters. The number of hydrogen-bond donors (Lipinski definition) is 1. The Morgan fingerprint density at radius 3 is 2.56 bits per heavy atom. The molecular formula is C19H16N2O3S. The van der Waals surface area contributed by atoms with Gasteiger partial charge in [-0.25, -0.2) is 9.78 Å². The molecule has 0 saturated heterocycles. The number of ether oxygens (including phenoxy) is 1. The van der Waals surface area contributed by atoms with Gasteiger partial charge in [-0.2, -0.15) is 0 Å². The van der Waals surface area contributed by atoms with Crippen molar-refractivity contribution in [3.05, 3.63) is 66.2 Å². The molecule has 1 N–H and O–H groups in total. The van der Waals surface area contributed by atoms with E-state index in [-0.39, 0.29) is 11.7 Å². The van der Waals surface area contributed by atoms with Gasteiger partial charge in [-0.1, -0.05) is 36.0 Å². The summed E-state index contributed by atoms with van der Waals surface area (Å²) in [6.07, 6.45) is 0. The zero-order chi connectivity index (χ0) is 17.6. The molecule has 0 saturated carbocycles. The lowest BCUT2D eigenvalue weighted by Crippen LogP contribution is -2.14. The van der Waals surface area contributed by atoms with E-state index in [0.717, 1.165) is 15.9 Å². The van der Waals surface area contributed by atoms with Gasteiger partial charge in [-0.05, 0) is 36.4 Å². The number of pyridine rings is 1. The minimum absolute atomic E-state index is 0.134. The number of hydrogen-bond acceptors (Lipinski definition) is 5. The second kappa shape index (κ2) is 7.81. The van der Waals surface area contributed by atoms with Crippen molar-refractivity contribution in [1.82, 2.24) is 4.98 Å². The summed E-state index contributed by atoms with van der Waals surface area (Å²) >= 11 is 1.38. The molecule has 0 radical (unpaired) electrons. The summed E-state index contributed by atoms with van der Waals surface area (Å²) in [6.45, 7) is 0. The van der Waals surface area contributed by atoms with Crippen LogP contribution in [0.25, 0.3) is 10.9 Å². The summed E-state index contributed by atoms with van der Waals surface area (Å²) in [5, 5.41) is 4.67. The summed E-state index contributed by atoms with van der Waals surface area (Å²) < 4.78 is 4.64. The summed E-state index contributed by atoms with van der Waals surface area (Å²) in [7, 11) is 1.33. The Balaban J connectivity index is 1.57. The van der Waals surface area contributed by atoms with Crippen molar-refractivity contribution in [3.8, 4) is 0 Å². The van der Waals surface area contributed by atoms with Gasteiger partial charge < -0.3 is 10.1 Å². The molecule has 1 aromatic heterocycles. The number of rotatable bonds is 5. The SMILES string of the molecule is COC(=O)c1ccc(NC(=O)CSc2ccc3ccccc3n2)cc1. The molecule has 0 aliphatic carbocycles. The van der Waals surface area contributed by atoms with E-state index in [4.69, 9.17) is 0 Å². The normalized spacial score (nSPS) is 10.4. The quantitative estimate of drug-likeness (QED) is 0.559. The van der Waals surface area contributed by atoms with E-state index in [1.807, 2.05) is 36.4 Å². The number of nitrogens with zero attached hydrogens (tertiary/aromatic N) is 1. The minimum Gasteiger partial charge on any atom is -0.465 e. The average molecular weight is 352 g/mol. The molecule has 6 heteroatoms. The Morgan fingerprint density at radius 2 is 1.80 bits per heavy atom. The smallest absolute Gasteiger partial charge is 0.337 e. The number of aromatic nitrogens is 1. The summed E-state index contributed by atoms with van der Waals surface area (Å²) in [5.41, 5.74) is 1.98. The van der Waals surface area contributed by atoms with Gasteiger partial charge in [-0.15, -0.1) is 0 Å². The van der Waals surface area contributed by atoms with Gasteiger partial charge in [0.25, 0.3) is 0 Å². The fourth-order valence-corrected chi connectivity index (χ4v) is 2.95. The molecule has 3 rings (SSSR count). The van der Waals surface area contributed by atoms with Crippen molar-refractivity contribution >= 4 is 40.2 Å². The van der Waals surface area contributed by atoms with Crippen LogP contribution < -0.4 is 5.32 Å². The van der Waals surface area contributed by atoms with E-state index < -0.39 is 5.97 Å². The van der Waals surface area contributed by atoms with E-state index in [2.05, 4.69) is 15.0 Å². The van der Waals surface area contributed by atoms with Crippen LogP contribution in [0.5, 0.6) is 0 Å². The third kappa shape index (κ3) is 4.36. The number of fused-ring (bicyclic) bond motifs is 1. The summed E-state index contributed by atoms with van der Waals surface area (Å²) in [5.74, 6) is -0.286. The average Bonchev–Trinajstić information content (AvgIpc) is 2.66. The van der Waals surface area contributed by atoms with E-state index in [1.54, 1.807) is 24.3 Å². The molecule has 0 aliphatic rings. The first-order valence-electron chi connectivity index (χ1n) is 7.62. The molecule has 0 bridgehead atoms. The predicted octanol–water partition coefficient (Wildman–Crippen LogP) is 3.75. The van der Waals surface area contributed by atoms with Gasteiger partial charge in [0.05, 0.1) is 29.0 Å². The highest BCUT2D eigenvalue weighted by Crippen LogP contribution is 2.20. The molecule has 5 nitrogen and oxygen atoms in total. The first kappa shape index (κ1) is 17.0. The Hall–Kier alpha value is -2.86. The largest absolute Gasteiger partial charge is 0.465 e. The van der Waals surface area contributed by atoms with Crippen LogP contribution in [0.3, 0.4) is 0 Å². The molecule has 25 heavy (non-hydrogen) atoms. The number of methoxy groups -OCH3 is 1. The molecule has 0 spiro atoms. The number of esters is 1. The zero-order valence-corrected chi connectivity index (χ0v) is 14.4. The Kier molecular flexibility index (Phi) is 5.30. The van der Waals surface area contributed by atoms with Gasteiger partial charge in [-0.3, -0.25) is 4.79 Å². The number of carbonyl (C=O) groups is 2. The van der Waals surface area contributed by atoms with E-state index >= 15 is 0 Å². The third-order valence-corrected chi connectivity index (χ3v) is 4.44. The summed E-state index contributed by atoms with van der Waals surface area (Å²) in [6, 6.07) is 18.3. The predicted molar refractivity (Wildman–Crippen MR) is 98.9 cm³/mol. The second-order valence-electron chi connectivity index (χ2n) is 5.25. The molecule has 0 fully saturated rings. The number of anilines is 1. The van der Waals surface area contributed by atoms with E-state index in [1.165, 1.54) is 18.9 Å². The van der Waals surface area contributed by atoms with Crippen molar-refractivity contribution in [2.75, 3.05) is 18.2 Å². The van der Waals surface area contributed by atoms with Crippen LogP contribution in [0.15, 0.2) is 65.7 Å². The van der Waals surface area contributed by atoms with Gasteiger partial charge in [0.1, 0.15) is 0 Å². The van der Waals surface area contributed by atoms with Gasteiger partial charge in [0, 0.05) is 11.1 Å². The van der Waals surface area contributed by atoms with Gasteiger partial charge in [0.15, 0.2) is 0 Å². The first-order chi connectivity index (χ1) is 12.2. The highest BCUT2D eigenvalue weighted by molar-refractivity contribution is 7.99. The lowest BCUT2D eigenvalue weighted by Gasteiger charge is -2.06. The van der Waals surface area contributed by atoms with Crippen LogP contribution in [-0.4, -0.2) is 29.7 Å². The Labute approximate surface area is 149 Å². The molecule has 2 aromatic carbocycles. The molecule has 1 amide bonds. The molecule has 126 valence electrons. The van der Waals surface area contributed by atoms with Crippen LogP contribution in [-0.2, 0) is 9.53 Å². The fraction of sp³-hybridized carbons (Fsp3) is 0.105. The molecule has 3 aromatic rings. The van der Waals surface area contributed by atoms with Gasteiger partial charge in [0.2, 0.25) is 5.91 Å². The van der Waals surface area contributed by atoms with E-state index in [0.29, 0.717) is 11.3 Å². The van der Waals surface area contributed by atoms with Crippen LogP contribution in [0, 0.1) is 0 Å². The van der Waals surface area contributed by atoms with Crippen molar-refractivity contribution < 1.29 is 14.3 Å². The Bertz CT molecular complexity index is 910. The first-order valence-corrected chi connectivity index (χ1v) is 8.61. The van der Waals surface area contributed by atoms with Crippen molar-refractivity contribution in [3.63, 3.8) is 0 Å². The lowest BCUT2D eigenvalue weighted by atomic mass is 10.2. The maximum atomic E-state index is 12.1. The number of carbonyl (C=O) groups excluding carboxylic acids is 2. The highest BCUT2D eigenvalue weighted by Gasteiger charge is 2.07. The molecule has 0 aliphatic heterocycles. The number of amides is 1. The van der Waals surface area contributed by atoms with E-state index in [9.17, 15) is 9.59 Å². The third-order valence-electron chi connectivity index (χ3n) is 3.51. The fourth-order valence-electron chi connectivity index (χ4n) is 2.27. The maximum Gasteiger partial charge on any atom is 0.337 e. The standard InChI is InChI=1S/C19H16N2O3S/c1-24-19(23)14-6-9-15(10-7-14)20-17(22)12-25-18-11-8-13-4-2-3-5-16(13)21-18/h2-11H,12H2,1H3,(H,20,22).